The van der Waals surface area contributed by atoms with Crippen LogP contribution in [0.5, 0.6) is 11.5 Å². The summed E-state index contributed by atoms with van der Waals surface area (Å²) >= 11 is 0. The van der Waals surface area contributed by atoms with E-state index < -0.39 is 0 Å². The van der Waals surface area contributed by atoms with Gasteiger partial charge in [0.15, 0.2) is 5.96 Å². The highest BCUT2D eigenvalue weighted by Crippen LogP contribution is 2.30. The molecule has 9 nitrogen and oxygen atoms in total. The van der Waals surface area contributed by atoms with E-state index in [1.54, 1.807) is 26.5 Å². The number of furan rings is 1. The van der Waals surface area contributed by atoms with E-state index >= 15 is 0 Å². The molecule has 2 heterocycles. The van der Waals surface area contributed by atoms with E-state index in [0.717, 1.165) is 36.7 Å². The van der Waals surface area contributed by atoms with Crippen molar-refractivity contribution in [3.05, 3.63) is 42.4 Å². The zero-order chi connectivity index (χ0) is 22.1. The van der Waals surface area contributed by atoms with Crippen molar-refractivity contribution in [2.24, 2.45) is 4.99 Å². The first-order valence-electron chi connectivity index (χ1n) is 10.4. The van der Waals surface area contributed by atoms with Gasteiger partial charge in [-0.15, -0.1) is 24.0 Å². The van der Waals surface area contributed by atoms with Crippen molar-refractivity contribution in [1.82, 2.24) is 16.0 Å². The number of hydrogen-bond donors (Lipinski definition) is 3. The second-order valence-electron chi connectivity index (χ2n) is 7.20. The SMILES string of the molecule is CCNC(=NCC(=O)NCc1ccco1)NC1CCN(c2cc(OC)cc(OC)c2)C1.I. The number of hydrogen-bond acceptors (Lipinski definition) is 6. The molecular weight excluding hydrogens is 525 g/mol. The Labute approximate surface area is 205 Å². The molecule has 3 rings (SSSR count). The average Bonchev–Trinajstić information content (AvgIpc) is 3.48. The third kappa shape index (κ3) is 7.50. The van der Waals surface area contributed by atoms with Crippen LogP contribution >= 0.6 is 24.0 Å². The first-order valence-corrected chi connectivity index (χ1v) is 10.4. The number of halogens is 1. The Hall–Kier alpha value is -2.63. The van der Waals surface area contributed by atoms with Crippen molar-refractivity contribution in [2.75, 3.05) is 45.3 Å². The standard InChI is InChI=1S/C22H31N5O4.HI/c1-4-23-22(25-14-21(28)24-13-18-6-5-9-31-18)26-16-7-8-27(15-16)17-10-19(29-2)12-20(11-17)30-3;/h5-6,9-12,16H,4,7-8,13-15H2,1-3H3,(H,24,28)(H2,23,25,26);1H. The average molecular weight is 557 g/mol. The van der Waals surface area contributed by atoms with Gasteiger partial charge in [-0.3, -0.25) is 4.79 Å². The largest absolute Gasteiger partial charge is 0.497 e. The quantitative estimate of drug-likeness (QED) is 0.247. The van der Waals surface area contributed by atoms with E-state index in [4.69, 9.17) is 13.9 Å². The predicted octanol–water partition coefficient (Wildman–Crippen LogP) is 2.37. The molecule has 0 radical (unpaired) electrons. The Morgan fingerprint density at radius 1 is 1.22 bits per heavy atom. The Morgan fingerprint density at radius 2 is 1.97 bits per heavy atom. The van der Waals surface area contributed by atoms with Crippen molar-refractivity contribution >= 4 is 41.5 Å². The topological polar surface area (TPSA) is 100 Å². The van der Waals surface area contributed by atoms with Gasteiger partial charge in [0.25, 0.3) is 0 Å². The highest BCUT2D eigenvalue weighted by atomic mass is 127. The van der Waals surface area contributed by atoms with Gasteiger partial charge in [0, 0.05) is 49.6 Å². The molecule has 1 aliphatic heterocycles. The van der Waals surface area contributed by atoms with Crippen molar-refractivity contribution < 1.29 is 18.7 Å². The maximum Gasteiger partial charge on any atom is 0.242 e. The first kappa shape index (κ1) is 25.6. The molecule has 0 saturated carbocycles. The molecule has 10 heteroatoms. The molecule has 1 saturated heterocycles. The fraction of sp³-hybridized carbons (Fsp3) is 0.455. The molecule has 176 valence electrons. The minimum Gasteiger partial charge on any atom is -0.497 e. The van der Waals surface area contributed by atoms with Crippen LogP contribution in [0.3, 0.4) is 0 Å². The number of guanidine groups is 1. The molecule has 1 unspecified atom stereocenters. The zero-order valence-corrected chi connectivity index (χ0v) is 21.1. The summed E-state index contributed by atoms with van der Waals surface area (Å²) in [7, 11) is 3.30. The number of methoxy groups -OCH3 is 2. The number of carbonyl (C=O) groups is 1. The number of anilines is 1. The number of aliphatic imine (C=N–C) groups is 1. The number of nitrogens with zero attached hydrogens (tertiary/aromatic N) is 2. The summed E-state index contributed by atoms with van der Waals surface area (Å²) in [6.45, 7) is 4.82. The Kier molecular flexibility index (Phi) is 10.4. The van der Waals surface area contributed by atoms with Gasteiger partial charge in [-0.1, -0.05) is 0 Å². The third-order valence-corrected chi connectivity index (χ3v) is 5.00. The summed E-state index contributed by atoms with van der Waals surface area (Å²) < 4.78 is 16.0. The van der Waals surface area contributed by atoms with E-state index in [-0.39, 0.29) is 42.5 Å². The smallest absolute Gasteiger partial charge is 0.242 e. The summed E-state index contributed by atoms with van der Waals surface area (Å²) in [5.41, 5.74) is 1.06. The van der Waals surface area contributed by atoms with Gasteiger partial charge < -0.3 is 34.7 Å². The van der Waals surface area contributed by atoms with Crippen LogP contribution in [0.25, 0.3) is 0 Å². The van der Waals surface area contributed by atoms with Gasteiger partial charge in [0.2, 0.25) is 5.91 Å². The van der Waals surface area contributed by atoms with Crippen molar-refractivity contribution in [2.45, 2.75) is 25.9 Å². The molecule has 1 aromatic heterocycles. The van der Waals surface area contributed by atoms with Gasteiger partial charge >= 0.3 is 0 Å². The summed E-state index contributed by atoms with van der Waals surface area (Å²) in [4.78, 5) is 18.8. The van der Waals surface area contributed by atoms with Crippen LogP contribution in [-0.4, -0.2) is 58.3 Å². The van der Waals surface area contributed by atoms with E-state index in [1.807, 2.05) is 31.2 Å². The maximum atomic E-state index is 12.1. The third-order valence-electron chi connectivity index (χ3n) is 5.00. The minimum absolute atomic E-state index is 0. The lowest BCUT2D eigenvalue weighted by atomic mass is 10.2. The lowest BCUT2D eigenvalue weighted by molar-refractivity contribution is -0.119. The van der Waals surface area contributed by atoms with Crippen LogP contribution in [0.15, 0.2) is 46.0 Å². The summed E-state index contributed by atoms with van der Waals surface area (Å²) in [5.74, 6) is 2.71. The lowest BCUT2D eigenvalue weighted by Crippen LogP contribution is -2.45. The normalized spacial score (nSPS) is 15.7. The van der Waals surface area contributed by atoms with Gasteiger partial charge in [0.1, 0.15) is 23.8 Å². The van der Waals surface area contributed by atoms with Gasteiger partial charge in [-0.2, -0.15) is 0 Å². The highest BCUT2D eigenvalue weighted by molar-refractivity contribution is 14.0. The molecular formula is C22H32IN5O4. The van der Waals surface area contributed by atoms with Crippen molar-refractivity contribution in [3.63, 3.8) is 0 Å². The van der Waals surface area contributed by atoms with Crippen molar-refractivity contribution in [1.29, 1.82) is 0 Å². The molecule has 1 aliphatic rings. The van der Waals surface area contributed by atoms with Crippen LogP contribution in [0, 0.1) is 0 Å². The number of amides is 1. The molecule has 1 amide bonds. The molecule has 32 heavy (non-hydrogen) atoms. The highest BCUT2D eigenvalue weighted by Gasteiger charge is 2.24. The predicted molar refractivity (Wildman–Crippen MR) is 135 cm³/mol. The Bertz CT molecular complexity index is 853. The molecule has 0 spiro atoms. The fourth-order valence-electron chi connectivity index (χ4n) is 3.41. The minimum atomic E-state index is -0.162. The van der Waals surface area contributed by atoms with Gasteiger partial charge in [0.05, 0.1) is 27.0 Å². The Morgan fingerprint density at radius 3 is 2.59 bits per heavy atom. The molecule has 1 atom stereocenters. The summed E-state index contributed by atoms with van der Waals surface area (Å²) in [6, 6.07) is 9.70. The van der Waals surface area contributed by atoms with E-state index in [9.17, 15) is 4.79 Å². The molecule has 0 bridgehead atoms. The second-order valence-corrected chi connectivity index (χ2v) is 7.20. The summed E-state index contributed by atoms with van der Waals surface area (Å²) in [6.07, 6.45) is 2.54. The van der Waals surface area contributed by atoms with E-state index in [1.165, 1.54) is 0 Å². The van der Waals surface area contributed by atoms with Crippen LogP contribution < -0.4 is 30.3 Å². The van der Waals surface area contributed by atoms with E-state index in [2.05, 4.69) is 25.8 Å². The van der Waals surface area contributed by atoms with Gasteiger partial charge in [-0.05, 0) is 25.5 Å². The molecule has 3 N–H and O–H groups in total. The molecule has 1 fully saturated rings. The number of ether oxygens (including phenoxy) is 2. The van der Waals surface area contributed by atoms with Crippen molar-refractivity contribution in [3.8, 4) is 11.5 Å². The first-order chi connectivity index (χ1) is 15.1. The van der Waals surface area contributed by atoms with E-state index in [0.29, 0.717) is 24.8 Å². The van der Waals surface area contributed by atoms with Crippen LogP contribution in [0.4, 0.5) is 5.69 Å². The zero-order valence-electron chi connectivity index (χ0n) is 18.7. The number of carbonyl (C=O) groups excluding carboxylic acids is 1. The maximum absolute atomic E-state index is 12.1. The molecule has 1 aromatic carbocycles. The van der Waals surface area contributed by atoms with Crippen LogP contribution in [0.1, 0.15) is 19.1 Å². The lowest BCUT2D eigenvalue weighted by Gasteiger charge is -2.21. The fourth-order valence-corrected chi connectivity index (χ4v) is 3.41. The number of benzene rings is 1. The Balaban J connectivity index is 0.00000363. The summed E-state index contributed by atoms with van der Waals surface area (Å²) in [5, 5.41) is 9.44. The van der Waals surface area contributed by atoms with Crippen LogP contribution in [-0.2, 0) is 11.3 Å². The van der Waals surface area contributed by atoms with Crippen LogP contribution in [0.2, 0.25) is 0 Å². The number of nitrogens with one attached hydrogen (secondary N) is 3. The second kappa shape index (κ2) is 13.0. The molecule has 0 aliphatic carbocycles. The monoisotopic (exact) mass is 557 g/mol. The number of rotatable bonds is 9. The van der Waals surface area contributed by atoms with Gasteiger partial charge in [-0.25, -0.2) is 4.99 Å². The molecule has 2 aromatic rings.